The molecular formula is C7H4BrN3O2. The predicted molar refractivity (Wildman–Crippen MR) is 47.6 cm³/mol. The van der Waals surface area contributed by atoms with Gasteiger partial charge in [0.25, 0.3) is 5.82 Å². The zero-order chi connectivity index (χ0) is 9.42. The molecule has 6 heteroatoms. The van der Waals surface area contributed by atoms with Gasteiger partial charge in [0.1, 0.15) is 0 Å². The first-order valence-corrected chi connectivity index (χ1v) is 4.21. The minimum absolute atomic E-state index is 0.212. The van der Waals surface area contributed by atoms with Crippen molar-refractivity contribution < 1.29 is 9.90 Å². The van der Waals surface area contributed by atoms with Crippen LogP contribution in [-0.4, -0.2) is 25.7 Å². The lowest BCUT2D eigenvalue weighted by Crippen LogP contribution is -2.06. The molecule has 0 saturated heterocycles. The number of hydrogen-bond acceptors (Lipinski definition) is 3. The highest BCUT2D eigenvalue weighted by Crippen LogP contribution is 2.16. The summed E-state index contributed by atoms with van der Waals surface area (Å²) in [7, 11) is 0. The number of hydrogen-bond donors (Lipinski definition) is 1. The van der Waals surface area contributed by atoms with Crippen molar-refractivity contribution in [2.24, 2.45) is 0 Å². The van der Waals surface area contributed by atoms with E-state index in [1.807, 2.05) is 0 Å². The second kappa shape index (κ2) is 2.81. The molecule has 0 aromatic carbocycles. The van der Waals surface area contributed by atoms with Gasteiger partial charge in [-0.25, -0.2) is 14.3 Å². The van der Waals surface area contributed by atoms with E-state index in [0.717, 1.165) is 9.99 Å². The molecule has 0 aliphatic rings. The largest absolute Gasteiger partial charge is 0.475 e. The summed E-state index contributed by atoms with van der Waals surface area (Å²) in [5, 5.41) is 12.4. The Labute approximate surface area is 81.1 Å². The van der Waals surface area contributed by atoms with E-state index in [-0.39, 0.29) is 5.82 Å². The van der Waals surface area contributed by atoms with Crippen molar-refractivity contribution in [3.8, 4) is 0 Å². The van der Waals surface area contributed by atoms with Gasteiger partial charge in [0.15, 0.2) is 0 Å². The molecule has 2 rings (SSSR count). The lowest BCUT2D eigenvalue weighted by molar-refractivity contribution is 0.0681. The van der Waals surface area contributed by atoms with Crippen LogP contribution in [0.1, 0.15) is 10.6 Å². The third-order valence-electron chi connectivity index (χ3n) is 1.56. The van der Waals surface area contributed by atoms with E-state index in [1.165, 1.54) is 10.7 Å². The molecule has 1 N–H and O–H groups in total. The molecule has 5 nitrogen and oxygen atoms in total. The Morgan fingerprint density at radius 2 is 2.38 bits per heavy atom. The van der Waals surface area contributed by atoms with Crippen molar-refractivity contribution in [1.82, 2.24) is 14.6 Å². The average Bonchev–Trinajstić information content (AvgIpc) is 2.47. The van der Waals surface area contributed by atoms with E-state index in [1.54, 1.807) is 12.3 Å². The standard InChI is InChI=1S/C7H4BrN3O2/c8-4-1-2-11-5(4)3-9-6(10-11)7(12)13/h1-3H,(H,12,13). The Bertz CT molecular complexity index is 480. The molecule has 0 radical (unpaired) electrons. The summed E-state index contributed by atoms with van der Waals surface area (Å²) in [4.78, 5) is 14.2. The van der Waals surface area contributed by atoms with Crippen LogP contribution in [0.4, 0.5) is 0 Å². The van der Waals surface area contributed by atoms with E-state index < -0.39 is 5.97 Å². The lowest BCUT2D eigenvalue weighted by Gasteiger charge is -1.95. The Kier molecular flexibility index (Phi) is 1.77. The SMILES string of the molecule is O=C(O)c1ncc2c(Br)ccn2n1. The second-order valence-corrected chi connectivity index (χ2v) is 3.23. The maximum atomic E-state index is 10.5. The highest BCUT2D eigenvalue weighted by Gasteiger charge is 2.08. The average molecular weight is 242 g/mol. The van der Waals surface area contributed by atoms with Crippen LogP contribution in [0.2, 0.25) is 0 Å². The highest BCUT2D eigenvalue weighted by atomic mass is 79.9. The maximum Gasteiger partial charge on any atom is 0.375 e. The molecular weight excluding hydrogens is 238 g/mol. The van der Waals surface area contributed by atoms with Gasteiger partial charge in [-0.3, -0.25) is 0 Å². The van der Waals surface area contributed by atoms with Gasteiger partial charge >= 0.3 is 5.97 Å². The molecule has 66 valence electrons. The number of halogens is 1. The summed E-state index contributed by atoms with van der Waals surface area (Å²) in [6.45, 7) is 0. The molecule has 0 aliphatic heterocycles. The van der Waals surface area contributed by atoms with Gasteiger partial charge in [-0.1, -0.05) is 0 Å². The summed E-state index contributed by atoms with van der Waals surface area (Å²) in [6, 6.07) is 1.77. The quantitative estimate of drug-likeness (QED) is 0.815. The normalized spacial score (nSPS) is 10.5. The molecule has 0 atom stereocenters. The number of nitrogens with zero attached hydrogens (tertiary/aromatic N) is 3. The monoisotopic (exact) mass is 241 g/mol. The third kappa shape index (κ3) is 1.29. The Hall–Kier alpha value is -1.43. The van der Waals surface area contributed by atoms with Gasteiger partial charge < -0.3 is 5.11 Å². The number of fused-ring (bicyclic) bond motifs is 1. The first kappa shape index (κ1) is 8.18. The molecule has 13 heavy (non-hydrogen) atoms. The van der Waals surface area contributed by atoms with Crippen LogP contribution >= 0.6 is 15.9 Å². The Morgan fingerprint density at radius 1 is 1.62 bits per heavy atom. The number of aromatic nitrogens is 3. The van der Waals surface area contributed by atoms with Crippen molar-refractivity contribution in [3.63, 3.8) is 0 Å². The van der Waals surface area contributed by atoms with Crippen LogP contribution in [0.3, 0.4) is 0 Å². The van der Waals surface area contributed by atoms with Gasteiger partial charge in [-0.05, 0) is 22.0 Å². The van der Waals surface area contributed by atoms with E-state index in [2.05, 4.69) is 26.0 Å². The maximum absolute atomic E-state index is 10.5. The summed E-state index contributed by atoms with van der Waals surface area (Å²) in [6.07, 6.45) is 3.12. The third-order valence-corrected chi connectivity index (χ3v) is 2.23. The second-order valence-electron chi connectivity index (χ2n) is 2.38. The topological polar surface area (TPSA) is 67.5 Å². The number of rotatable bonds is 1. The van der Waals surface area contributed by atoms with E-state index >= 15 is 0 Å². The van der Waals surface area contributed by atoms with Gasteiger partial charge in [0.2, 0.25) is 0 Å². The number of carbonyl (C=O) groups is 1. The van der Waals surface area contributed by atoms with Gasteiger partial charge in [-0.2, -0.15) is 0 Å². The van der Waals surface area contributed by atoms with Crippen molar-refractivity contribution in [3.05, 3.63) is 28.8 Å². The van der Waals surface area contributed by atoms with Gasteiger partial charge in [0.05, 0.1) is 11.7 Å². The highest BCUT2D eigenvalue weighted by molar-refractivity contribution is 9.10. The van der Waals surface area contributed by atoms with Crippen molar-refractivity contribution in [2.45, 2.75) is 0 Å². The zero-order valence-corrected chi connectivity index (χ0v) is 7.89. The molecule has 2 aromatic heterocycles. The Morgan fingerprint density at radius 3 is 3.08 bits per heavy atom. The van der Waals surface area contributed by atoms with Gasteiger partial charge in [-0.15, -0.1) is 5.10 Å². The van der Waals surface area contributed by atoms with Crippen molar-refractivity contribution >= 4 is 27.4 Å². The van der Waals surface area contributed by atoms with Crippen molar-refractivity contribution in [2.75, 3.05) is 0 Å². The van der Waals surface area contributed by atoms with E-state index in [4.69, 9.17) is 5.11 Å². The molecule has 0 aliphatic carbocycles. The molecule has 0 bridgehead atoms. The summed E-state index contributed by atoms with van der Waals surface area (Å²) in [5.41, 5.74) is 0.741. The first-order valence-electron chi connectivity index (χ1n) is 3.41. The molecule has 0 unspecified atom stereocenters. The molecule has 0 amide bonds. The molecule has 0 saturated carbocycles. The van der Waals surface area contributed by atoms with Gasteiger partial charge in [0, 0.05) is 10.7 Å². The van der Waals surface area contributed by atoms with Crippen LogP contribution in [0.25, 0.3) is 5.52 Å². The molecule has 0 fully saturated rings. The fraction of sp³-hybridized carbons (Fsp3) is 0. The minimum Gasteiger partial charge on any atom is -0.475 e. The molecule has 0 spiro atoms. The van der Waals surface area contributed by atoms with Crippen LogP contribution in [-0.2, 0) is 0 Å². The van der Waals surface area contributed by atoms with E-state index in [9.17, 15) is 4.79 Å². The molecule has 2 heterocycles. The predicted octanol–water partition coefficient (Wildman–Crippen LogP) is 1.19. The summed E-state index contributed by atoms with van der Waals surface area (Å²) < 4.78 is 2.30. The zero-order valence-electron chi connectivity index (χ0n) is 6.31. The summed E-state index contributed by atoms with van der Waals surface area (Å²) >= 11 is 3.28. The first-order chi connectivity index (χ1) is 6.18. The van der Waals surface area contributed by atoms with Crippen LogP contribution < -0.4 is 0 Å². The fourth-order valence-corrected chi connectivity index (χ4v) is 1.37. The number of carboxylic acid groups (broad SMARTS) is 1. The smallest absolute Gasteiger partial charge is 0.375 e. The van der Waals surface area contributed by atoms with Crippen LogP contribution in [0.15, 0.2) is 22.9 Å². The van der Waals surface area contributed by atoms with Crippen LogP contribution in [0, 0.1) is 0 Å². The summed E-state index contributed by atoms with van der Waals surface area (Å²) in [5.74, 6) is -1.35. The number of carboxylic acids is 1. The molecule has 2 aromatic rings. The lowest BCUT2D eigenvalue weighted by atomic mass is 10.5. The number of aromatic carboxylic acids is 1. The van der Waals surface area contributed by atoms with Crippen molar-refractivity contribution in [1.29, 1.82) is 0 Å². The van der Waals surface area contributed by atoms with Crippen LogP contribution in [0.5, 0.6) is 0 Å². The fourth-order valence-electron chi connectivity index (χ4n) is 0.967. The Balaban J connectivity index is 2.70. The minimum atomic E-state index is -1.13. The van der Waals surface area contributed by atoms with E-state index in [0.29, 0.717) is 0 Å².